The molecular formula is C16H12ClN. The molecule has 0 spiro atoms. The Labute approximate surface area is 111 Å². The molecule has 0 aliphatic heterocycles. The van der Waals surface area contributed by atoms with E-state index in [1.54, 1.807) is 0 Å². The highest BCUT2D eigenvalue weighted by molar-refractivity contribution is 6.30. The van der Waals surface area contributed by atoms with Crippen molar-refractivity contribution in [1.29, 1.82) is 0 Å². The number of benzene rings is 2. The first-order valence-electron chi connectivity index (χ1n) is 5.86. The first kappa shape index (κ1) is 11.2. The molecule has 0 radical (unpaired) electrons. The van der Waals surface area contributed by atoms with E-state index in [2.05, 4.69) is 35.3 Å². The van der Waals surface area contributed by atoms with E-state index in [1.807, 2.05) is 31.2 Å². The SMILES string of the molecule is Cc1ccc2ccc(-c3cccc(Cl)c3)cc2n1. The standard InChI is InChI=1S/C16H12ClN/c1-11-5-6-12-7-8-14(10-16(12)18-11)13-3-2-4-15(17)9-13/h2-10H,1H3. The second-order valence-electron chi connectivity index (χ2n) is 4.37. The molecule has 0 amide bonds. The number of hydrogen-bond acceptors (Lipinski definition) is 1. The summed E-state index contributed by atoms with van der Waals surface area (Å²) in [4.78, 5) is 4.55. The largest absolute Gasteiger partial charge is 0.253 e. The van der Waals surface area contributed by atoms with E-state index >= 15 is 0 Å². The first-order valence-corrected chi connectivity index (χ1v) is 6.23. The molecule has 0 bridgehead atoms. The van der Waals surface area contributed by atoms with E-state index in [4.69, 9.17) is 11.6 Å². The Hall–Kier alpha value is -1.86. The third-order valence-electron chi connectivity index (χ3n) is 2.99. The van der Waals surface area contributed by atoms with Crippen LogP contribution in [-0.2, 0) is 0 Å². The molecule has 18 heavy (non-hydrogen) atoms. The summed E-state index contributed by atoms with van der Waals surface area (Å²) in [7, 11) is 0. The minimum Gasteiger partial charge on any atom is -0.253 e. The average molecular weight is 254 g/mol. The number of rotatable bonds is 1. The van der Waals surface area contributed by atoms with Crippen molar-refractivity contribution in [2.24, 2.45) is 0 Å². The summed E-state index contributed by atoms with van der Waals surface area (Å²) in [6.07, 6.45) is 0. The highest BCUT2D eigenvalue weighted by atomic mass is 35.5. The predicted molar refractivity (Wildman–Crippen MR) is 76.9 cm³/mol. The van der Waals surface area contributed by atoms with Gasteiger partial charge in [-0.3, -0.25) is 4.98 Å². The molecule has 88 valence electrons. The van der Waals surface area contributed by atoms with Crippen LogP contribution in [0.2, 0.25) is 5.02 Å². The van der Waals surface area contributed by atoms with Gasteiger partial charge in [0, 0.05) is 16.1 Å². The van der Waals surface area contributed by atoms with Gasteiger partial charge in [-0.15, -0.1) is 0 Å². The maximum Gasteiger partial charge on any atom is 0.0711 e. The zero-order valence-corrected chi connectivity index (χ0v) is 10.8. The molecule has 0 N–H and O–H groups in total. The van der Waals surface area contributed by atoms with Crippen LogP contribution < -0.4 is 0 Å². The van der Waals surface area contributed by atoms with Gasteiger partial charge in [0.1, 0.15) is 0 Å². The topological polar surface area (TPSA) is 12.9 Å². The zero-order valence-electron chi connectivity index (χ0n) is 10.0. The minimum atomic E-state index is 0.754. The van der Waals surface area contributed by atoms with Gasteiger partial charge >= 0.3 is 0 Å². The van der Waals surface area contributed by atoms with Gasteiger partial charge in [-0.25, -0.2) is 0 Å². The third kappa shape index (κ3) is 2.09. The molecule has 0 saturated heterocycles. The van der Waals surface area contributed by atoms with Crippen molar-refractivity contribution in [3.8, 4) is 11.1 Å². The van der Waals surface area contributed by atoms with Crippen molar-refractivity contribution in [2.45, 2.75) is 6.92 Å². The Morgan fingerprint density at radius 3 is 2.50 bits per heavy atom. The van der Waals surface area contributed by atoms with Gasteiger partial charge in [0.2, 0.25) is 0 Å². The van der Waals surface area contributed by atoms with Crippen molar-refractivity contribution < 1.29 is 0 Å². The minimum absolute atomic E-state index is 0.754. The van der Waals surface area contributed by atoms with Crippen LogP contribution in [0.1, 0.15) is 5.69 Å². The van der Waals surface area contributed by atoms with Crippen LogP contribution in [0.25, 0.3) is 22.0 Å². The molecular weight excluding hydrogens is 242 g/mol. The Bertz CT molecular complexity index is 719. The van der Waals surface area contributed by atoms with Crippen LogP contribution in [0.3, 0.4) is 0 Å². The normalized spacial score (nSPS) is 10.8. The Morgan fingerprint density at radius 2 is 1.67 bits per heavy atom. The van der Waals surface area contributed by atoms with Gasteiger partial charge in [-0.05, 0) is 42.3 Å². The molecule has 3 rings (SSSR count). The number of hydrogen-bond donors (Lipinski definition) is 0. The Morgan fingerprint density at radius 1 is 0.889 bits per heavy atom. The fourth-order valence-electron chi connectivity index (χ4n) is 2.07. The fourth-order valence-corrected chi connectivity index (χ4v) is 2.26. The molecule has 0 aliphatic carbocycles. The summed E-state index contributed by atoms with van der Waals surface area (Å²) in [6, 6.07) is 18.3. The van der Waals surface area contributed by atoms with Gasteiger partial charge in [0.05, 0.1) is 5.52 Å². The molecule has 1 nitrogen and oxygen atoms in total. The predicted octanol–water partition coefficient (Wildman–Crippen LogP) is 4.86. The highest BCUT2D eigenvalue weighted by Crippen LogP contribution is 2.25. The Balaban J connectivity index is 2.18. The lowest BCUT2D eigenvalue weighted by molar-refractivity contribution is 1.26. The van der Waals surface area contributed by atoms with E-state index in [0.29, 0.717) is 0 Å². The molecule has 2 heteroatoms. The molecule has 3 aromatic rings. The van der Waals surface area contributed by atoms with Gasteiger partial charge in [-0.2, -0.15) is 0 Å². The second-order valence-corrected chi connectivity index (χ2v) is 4.81. The summed E-state index contributed by atoms with van der Waals surface area (Å²) in [5, 5.41) is 1.91. The van der Waals surface area contributed by atoms with Crippen LogP contribution in [0.5, 0.6) is 0 Å². The maximum atomic E-state index is 6.02. The average Bonchev–Trinajstić information content (AvgIpc) is 2.38. The van der Waals surface area contributed by atoms with Crippen LogP contribution in [0.15, 0.2) is 54.6 Å². The number of aromatic nitrogens is 1. The second kappa shape index (κ2) is 4.43. The third-order valence-corrected chi connectivity index (χ3v) is 3.22. The van der Waals surface area contributed by atoms with Crippen LogP contribution in [0.4, 0.5) is 0 Å². The molecule has 1 aromatic heterocycles. The quantitative estimate of drug-likeness (QED) is 0.603. The van der Waals surface area contributed by atoms with Crippen LogP contribution in [0, 0.1) is 6.92 Å². The number of fused-ring (bicyclic) bond motifs is 1. The Kier molecular flexibility index (Phi) is 2.77. The van der Waals surface area contributed by atoms with Crippen LogP contribution >= 0.6 is 11.6 Å². The first-order chi connectivity index (χ1) is 8.72. The van der Waals surface area contributed by atoms with Gasteiger partial charge in [-0.1, -0.05) is 41.9 Å². The lowest BCUT2D eigenvalue weighted by Gasteiger charge is -2.05. The summed E-state index contributed by atoms with van der Waals surface area (Å²) in [5.74, 6) is 0. The maximum absolute atomic E-state index is 6.02. The molecule has 1 heterocycles. The van der Waals surface area contributed by atoms with Crippen molar-refractivity contribution >= 4 is 22.5 Å². The highest BCUT2D eigenvalue weighted by Gasteiger charge is 2.01. The van der Waals surface area contributed by atoms with E-state index in [9.17, 15) is 0 Å². The summed E-state index contributed by atoms with van der Waals surface area (Å²) in [6.45, 7) is 2.01. The summed E-state index contributed by atoms with van der Waals surface area (Å²) in [5.41, 5.74) is 4.31. The molecule has 0 unspecified atom stereocenters. The summed E-state index contributed by atoms with van der Waals surface area (Å²) >= 11 is 6.02. The molecule has 0 aliphatic rings. The lowest BCUT2D eigenvalue weighted by atomic mass is 10.0. The monoisotopic (exact) mass is 253 g/mol. The van der Waals surface area contributed by atoms with E-state index in [-0.39, 0.29) is 0 Å². The molecule has 0 saturated carbocycles. The molecule has 2 aromatic carbocycles. The number of pyridine rings is 1. The van der Waals surface area contributed by atoms with Gasteiger partial charge in [0.25, 0.3) is 0 Å². The van der Waals surface area contributed by atoms with Crippen molar-refractivity contribution in [3.63, 3.8) is 0 Å². The van der Waals surface area contributed by atoms with Crippen molar-refractivity contribution in [1.82, 2.24) is 4.98 Å². The number of nitrogens with zero attached hydrogens (tertiary/aromatic N) is 1. The molecule has 0 fully saturated rings. The number of halogens is 1. The fraction of sp³-hybridized carbons (Fsp3) is 0.0625. The van der Waals surface area contributed by atoms with Crippen LogP contribution in [-0.4, -0.2) is 4.98 Å². The summed E-state index contributed by atoms with van der Waals surface area (Å²) < 4.78 is 0. The van der Waals surface area contributed by atoms with Crippen molar-refractivity contribution in [3.05, 3.63) is 65.3 Å². The van der Waals surface area contributed by atoms with Crippen molar-refractivity contribution in [2.75, 3.05) is 0 Å². The van der Waals surface area contributed by atoms with E-state index in [0.717, 1.165) is 32.7 Å². The van der Waals surface area contributed by atoms with Gasteiger partial charge < -0.3 is 0 Å². The lowest BCUT2D eigenvalue weighted by Crippen LogP contribution is -1.84. The van der Waals surface area contributed by atoms with Gasteiger partial charge in [0.15, 0.2) is 0 Å². The number of aryl methyl sites for hydroxylation is 1. The van der Waals surface area contributed by atoms with E-state index in [1.165, 1.54) is 0 Å². The molecule has 0 atom stereocenters. The van der Waals surface area contributed by atoms with E-state index < -0.39 is 0 Å². The zero-order chi connectivity index (χ0) is 12.5. The smallest absolute Gasteiger partial charge is 0.0711 e.